The zero-order valence-corrected chi connectivity index (χ0v) is 16.0. The maximum atomic E-state index is 6.23. The number of nitrogens with one attached hydrogen (secondary N) is 1. The number of nitrogens with two attached hydrogens (primary N) is 1. The van der Waals surface area contributed by atoms with Crippen LogP contribution in [-0.4, -0.2) is 33.4 Å². The largest absolute Gasteiger partial charge is 0.497 e. The van der Waals surface area contributed by atoms with Crippen molar-refractivity contribution >= 4 is 34.1 Å². The molecule has 7 nitrogen and oxygen atoms in total. The number of fused-ring (bicyclic) bond motifs is 1. The van der Waals surface area contributed by atoms with Crippen LogP contribution in [-0.2, 0) is 13.5 Å². The number of ether oxygens (including phenoxy) is 1. The van der Waals surface area contributed by atoms with Crippen LogP contribution in [0.3, 0.4) is 0 Å². The number of nitrogen functional groups attached to an aromatic ring is 1. The van der Waals surface area contributed by atoms with Gasteiger partial charge < -0.3 is 15.8 Å². The van der Waals surface area contributed by atoms with Crippen LogP contribution in [0.1, 0.15) is 4.88 Å². The average Bonchev–Trinajstić information content (AvgIpc) is 3.30. The van der Waals surface area contributed by atoms with Gasteiger partial charge in [0.05, 0.1) is 18.2 Å². The molecule has 3 aromatic heterocycles. The highest BCUT2D eigenvalue weighted by Crippen LogP contribution is 2.32. The van der Waals surface area contributed by atoms with Crippen molar-refractivity contribution in [1.82, 2.24) is 19.7 Å². The quantitative estimate of drug-likeness (QED) is 0.533. The Kier molecular flexibility index (Phi) is 4.64. The van der Waals surface area contributed by atoms with Crippen molar-refractivity contribution < 1.29 is 4.74 Å². The van der Waals surface area contributed by atoms with Crippen molar-refractivity contribution in [2.24, 2.45) is 7.05 Å². The number of methoxy groups -OCH3 is 1. The third-order valence-electron chi connectivity index (χ3n) is 4.32. The van der Waals surface area contributed by atoms with Crippen LogP contribution in [0, 0.1) is 0 Å². The van der Waals surface area contributed by atoms with E-state index in [1.165, 1.54) is 4.88 Å². The minimum absolute atomic E-state index is 0.535. The second-order valence-electron chi connectivity index (χ2n) is 6.09. The van der Waals surface area contributed by atoms with Crippen LogP contribution in [0.4, 0.5) is 11.8 Å². The lowest BCUT2D eigenvalue weighted by Gasteiger charge is -2.09. The van der Waals surface area contributed by atoms with E-state index in [2.05, 4.69) is 32.9 Å². The van der Waals surface area contributed by atoms with Gasteiger partial charge in [0.25, 0.3) is 0 Å². The molecule has 0 aliphatic rings. The summed E-state index contributed by atoms with van der Waals surface area (Å²) in [6.45, 7) is 0.742. The second kappa shape index (κ2) is 7.24. The SMILES string of the molecule is COc1cccc(-c2nc(NCCc3cccs3)nc3nn(C)c(N)c23)c1. The summed E-state index contributed by atoms with van der Waals surface area (Å²) in [6.07, 6.45) is 0.915. The molecule has 0 unspecified atom stereocenters. The molecule has 0 saturated carbocycles. The molecular weight excluding hydrogens is 360 g/mol. The van der Waals surface area contributed by atoms with Gasteiger partial charge in [-0.15, -0.1) is 11.3 Å². The Bertz CT molecular complexity index is 1070. The molecule has 0 aliphatic carbocycles. The van der Waals surface area contributed by atoms with Gasteiger partial charge in [0, 0.05) is 24.0 Å². The number of thiophene rings is 1. The number of hydrogen-bond acceptors (Lipinski definition) is 7. The Morgan fingerprint density at radius 1 is 1.22 bits per heavy atom. The molecule has 1 aromatic carbocycles. The third-order valence-corrected chi connectivity index (χ3v) is 5.25. The first-order valence-corrected chi connectivity index (χ1v) is 9.44. The molecule has 27 heavy (non-hydrogen) atoms. The number of hydrogen-bond donors (Lipinski definition) is 2. The summed E-state index contributed by atoms with van der Waals surface area (Å²) < 4.78 is 6.97. The zero-order valence-electron chi connectivity index (χ0n) is 15.1. The van der Waals surface area contributed by atoms with Gasteiger partial charge in [0.1, 0.15) is 11.6 Å². The number of benzene rings is 1. The molecule has 4 aromatic rings. The molecule has 4 rings (SSSR count). The summed E-state index contributed by atoms with van der Waals surface area (Å²) in [4.78, 5) is 10.6. The molecule has 8 heteroatoms. The summed E-state index contributed by atoms with van der Waals surface area (Å²) >= 11 is 1.74. The fourth-order valence-corrected chi connectivity index (χ4v) is 3.63. The molecular formula is C19H20N6OS. The van der Waals surface area contributed by atoms with Crippen LogP contribution in [0.5, 0.6) is 5.75 Å². The summed E-state index contributed by atoms with van der Waals surface area (Å²) in [6, 6.07) is 11.9. The van der Waals surface area contributed by atoms with Crippen molar-refractivity contribution in [3.8, 4) is 17.0 Å². The predicted octanol–water partition coefficient (Wildman–Crippen LogP) is 3.34. The van der Waals surface area contributed by atoms with E-state index in [-0.39, 0.29) is 0 Å². The van der Waals surface area contributed by atoms with E-state index in [1.807, 2.05) is 24.3 Å². The van der Waals surface area contributed by atoms with E-state index in [4.69, 9.17) is 15.5 Å². The van der Waals surface area contributed by atoms with E-state index in [0.29, 0.717) is 17.4 Å². The van der Waals surface area contributed by atoms with Crippen LogP contribution >= 0.6 is 11.3 Å². The van der Waals surface area contributed by atoms with Gasteiger partial charge in [-0.3, -0.25) is 4.68 Å². The molecule has 0 atom stereocenters. The number of anilines is 2. The van der Waals surface area contributed by atoms with E-state index in [1.54, 1.807) is 30.2 Å². The Balaban J connectivity index is 1.73. The van der Waals surface area contributed by atoms with Gasteiger partial charge in [-0.1, -0.05) is 18.2 Å². The van der Waals surface area contributed by atoms with Gasteiger partial charge in [0.2, 0.25) is 5.95 Å². The molecule has 0 fully saturated rings. The summed E-state index contributed by atoms with van der Waals surface area (Å²) in [5.74, 6) is 1.83. The van der Waals surface area contributed by atoms with Crippen LogP contribution in [0.15, 0.2) is 41.8 Å². The van der Waals surface area contributed by atoms with Crippen LogP contribution in [0.25, 0.3) is 22.3 Å². The number of nitrogens with zero attached hydrogens (tertiary/aromatic N) is 4. The number of aromatic nitrogens is 4. The number of aryl methyl sites for hydroxylation is 1. The normalized spacial score (nSPS) is 11.0. The average molecular weight is 380 g/mol. The summed E-state index contributed by atoms with van der Waals surface area (Å²) in [5.41, 5.74) is 8.45. The predicted molar refractivity (Wildman–Crippen MR) is 109 cm³/mol. The topological polar surface area (TPSA) is 90.9 Å². The Hall–Kier alpha value is -3.13. The van der Waals surface area contributed by atoms with Gasteiger partial charge in [0.15, 0.2) is 5.65 Å². The summed E-state index contributed by atoms with van der Waals surface area (Å²) in [7, 11) is 3.45. The van der Waals surface area contributed by atoms with Crippen molar-refractivity contribution in [2.45, 2.75) is 6.42 Å². The van der Waals surface area contributed by atoms with Crippen LogP contribution in [0.2, 0.25) is 0 Å². The monoisotopic (exact) mass is 380 g/mol. The maximum absolute atomic E-state index is 6.23. The zero-order chi connectivity index (χ0) is 18.8. The fourth-order valence-electron chi connectivity index (χ4n) is 2.93. The van der Waals surface area contributed by atoms with Gasteiger partial charge in [-0.05, 0) is 30.0 Å². The highest BCUT2D eigenvalue weighted by molar-refractivity contribution is 7.09. The van der Waals surface area contributed by atoms with E-state index in [9.17, 15) is 0 Å². The first-order valence-electron chi connectivity index (χ1n) is 8.56. The van der Waals surface area contributed by atoms with Crippen molar-refractivity contribution in [2.75, 3.05) is 24.7 Å². The van der Waals surface area contributed by atoms with Crippen molar-refractivity contribution in [1.29, 1.82) is 0 Å². The minimum atomic E-state index is 0.535. The summed E-state index contributed by atoms with van der Waals surface area (Å²) in [5, 5.41) is 10.6. The minimum Gasteiger partial charge on any atom is -0.497 e. The molecule has 0 spiro atoms. The van der Waals surface area contributed by atoms with Crippen molar-refractivity contribution in [3.05, 3.63) is 46.7 Å². The standard InChI is InChI=1S/C19H20N6OS/c1-25-17(20)15-16(12-5-3-6-13(11-12)26-2)22-19(23-18(15)24-25)21-9-8-14-7-4-10-27-14/h3-7,10-11H,8-9,20H2,1-2H3,(H,21,23,24). The molecule has 0 radical (unpaired) electrons. The Morgan fingerprint density at radius 3 is 2.89 bits per heavy atom. The molecule has 0 saturated heterocycles. The highest BCUT2D eigenvalue weighted by atomic mass is 32.1. The van der Waals surface area contributed by atoms with Gasteiger partial charge in [-0.25, -0.2) is 4.98 Å². The highest BCUT2D eigenvalue weighted by Gasteiger charge is 2.17. The first-order chi connectivity index (χ1) is 13.2. The smallest absolute Gasteiger partial charge is 0.225 e. The first kappa shape index (κ1) is 17.3. The lowest BCUT2D eigenvalue weighted by atomic mass is 10.1. The molecule has 138 valence electrons. The Labute approximate surface area is 160 Å². The molecule has 3 N–H and O–H groups in total. The van der Waals surface area contributed by atoms with Gasteiger partial charge >= 0.3 is 0 Å². The molecule has 3 heterocycles. The lowest BCUT2D eigenvalue weighted by molar-refractivity contribution is 0.415. The van der Waals surface area contributed by atoms with Crippen LogP contribution < -0.4 is 15.8 Å². The second-order valence-corrected chi connectivity index (χ2v) is 7.12. The molecule has 0 amide bonds. The van der Waals surface area contributed by atoms with Crippen molar-refractivity contribution in [3.63, 3.8) is 0 Å². The maximum Gasteiger partial charge on any atom is 0.225 e. The van der Waals surface area contributed by atoms with E-state index >= 15 is 0 Å². The molecule has 0 bridgehead atoms. The Morgan fingerprint density at radius 2 is 2.11 bits per heavy atom. The lowest BCUT2D eigenvalue weighted by Crippen LogP contribution is -2.08. The molecule has 0 aliphatic heterocycles. The third kappa shape index (κ3) is 3.43. The fraction of sp³-hybridized carbons (Fsp3) is 0.211. The van der Waals surface area contributed by atoms with E-state index < -0.39 is 0 Å². The van der Waals surface area contributed by atoms with Gasteiger partial charge in [-0.2, -0.15) is 10.1 Å². The van der Waals surface area contributed by atoms with E-state index in [0.717, 1.165) is 35.4 Å². The number of rotatable bonds is 6.